The highest BCUT2D eigenvalue weighted by atomic mass is 32.1. The summed E-state index contributed by atoms with van der Waals surface area (Å²) in [5.74, 6) is -0.956. The third kappa shape index (κ3) is 2.28. The van der Waals surface area contributed by atoms with E-state index in [1.807, 2.05) is 6.92 Å². The lowest BCUT2D eigenvalue weighted by atomic mass is 10.5. The lowest BCUT2D eigenvalue weighted by Gasteiger charge is -1.94. The maximum atomic E-state index is 10.4. The van der Waals surface area contributed by atoms with Crippen molar-refractivity contribution in [3.63, 3.8) is 0 Å². The fourth-order valence-electron chi connectivity index (χ4n) is 0.736. The second-order valence-electron chi connectivity index (χ2n) is 2.22. The molecule has 1 aromatic rings. The molecule has 1 rings (SSSR count). The van der Waals surface area contributed by atoms with Crippen LogP contribution in [0.5, 0.6) is 0 Å². The Morgan fingerprint density at radius 3 is 3.08 bits per heavy atom. The van der Waals surface area contributed by atoms with E-state index in [4.69, 9.17) is 5.11 Å². The molecule has 0 saturated carbocycles. The first kappa shape index (κ1) is 9.15. The molecule has 0 amide bonds. The summed E-state index contributed by atoms with van der Waals surface area (Å²) in [5.41, 5.74) is 0. The van der Waals surface area contributed by atoms with Crippen molar-refractivity contribution < 1.29 is 9.90 Å². The Labute approximate surface area is 74.3 Å². The van der Waals surface area contributed by atoms with E-state index in [-0.39, 0.29) is 5.01 Å². The van der Waals surface area contributed by atoms with Crippen LogP contribution >= 0.6 is 11.3 Å². The van der Waals surface area contributed by atoms with Crippen LogP contribution < -0.4 is 5.32 Å². The number of hydrogen-bond acceptors (Lipinski definition) is 4. The maximum Gasteiger partial charge on any atom is 0.365 e. The van der Waals surface area contributed by atoms with Crippen molar-refractivity contribution in [2.24, 2.45) is 0 Å². The fourth-order valence-corrected chi connectivity index (χ4v) is 1.46. The van der Waals surface area contributed by atoms with Gasteiger partial charge >= 0.3 is 5.97 Å². The molecule has 0 saturated heterocycles. The summed E-state index contributed by atoms with van der Waals surface area (Å²) < 4.78 is 0. The molecule has 0 radical (unpaired) electrons. The third-order valence-corrected chi connectivity index (χ3v) is 2.27. The van der Waals surface area contributed by atoms with Gasteiger partial charge < -0.3 is 10.4 Å². The molecule has 5 heteroatoms. The number of nitrogens with zero attached hydrogens (tertiary/aromatic N) is 1. The smallest absolute Gasteiger partial charge is 0.365 e. The van der Waals surface area contributed by atoms with Gasteiger partial charge in [0.15, 0.2) is 0 Å². The molecule has 0 bridgehead atoms. The summed E-state index contributed by atoms with van der Waals surface area (Å²) >= 11 is 1.21. The Morgan fingerprint density at radius 2 is 2.58 bits per heavy atom. The Morgan fingerprint density at radius 1 is 1.83 bits per heavy atom. The SMILES string of the molecule is CCNCc1cnc(C(=O)O)s1. The zero-order valence-corrected chi connectivity index (χ0v) is 7.52. The number of nitrogens with one attached hydrogen (secondary N) is 1. The van der Waals surface area contributed by atoms with Gasteiger partial charge in [-0.05, 0) is 6.54 Å². The van der Waals surface area contributed by atoms with Crippen LogP contribution in [0.15, 0.2) is 6.20 Å². The Hall–Kier alpha value is -0.940. The molecule has 0 aliphatic carbocycles. The second-order valence-corrected chi connectivity index (χ2v) is 3.33. The van der Waals surface area contributed by atoms with Gasteiger partial charge in [0.05, 0.1) is 0 Å². The molecule has 2 N–H and O–H groups in total. The monoisotopic (exact) mass is 186 g/mol. The van der Waals surface area contributed by atoms with E-state index in [9.17, 15) is 4.79 Å². The Balaban J connectivity index is 2.58. The second kappa shape index (κ2) is 4.18. The number of carbonyl (C=O) groups is 1. The summed E-state index contributed by atoms with van der Waals surface area (Å²) in [6.45, 7) is 3.57. The molecule has 0 aliphatic rings. The van der Waals surface area contributed by atoms with E-state index in [2.05, 4.69) is 10.3 Å². The van der Waals surface area contributed by atoms with Gasteiger partial charge in [-0.1, -0.05) is 6.92 Å². The minimum Gasteiger partial charge on any atom is -0.476 e. The topological polar surface area (TPSA) is 62.2 Å². The zero-order chi connectivity index (χ0) is 8.97. The first-order chi connectivity index (χ1) is 5.74. The van der Waals surface area contributed by atoms with Crippen molar-refractivity contribution >= 4 is 17.3 Å². The zero-order valence-electron chi connectivity index (χ0n) is 6.70. The lowest BCUT2D eigenvalue weighted by Crippen LogP contribution is -2.10. The van der Waals surface area contributed by atoms with Crippen LogP contribution in [0.25, 0.3) is 0 Å². The normalized spacial score (nSPS) is 10.1. The number of carboxylic acid groups (broad SMARTS) is 1. The average molecular weight is 186 g/mol. The maximum absolute atomic E-state index is 10.4. The van der Waals surface area contributed by atoms with Crippen molar-refractivity contribution in [1.29, 1.82) is 0 Å². The lowest BCUT2D eigenvalue weighted by molar-refractivity contribution is 0.0696. The molecular weight excluding hydrogens is 176 g/mol. The van der Waals surface area contributed by atoms with Crippen LogP contribution in [0, 0.1) is 0 Å². The van der Waals surface area contributed by atoms with Crippen LogP contribution in [0.1, 0.15) is 21.6 Å². The fraction of sp³-hybridized carbons (Fsp3) is 0.429. The van der Waals surface area contributed by atoms with E-state index in [1.165, 1.54) is 11.3 Å². The van der Waals surface area contributed by atoms with Gasteiger partial charge in [-0.2, -0.15) is 0 Å². The molecule has 0 atom stereocenters. The van der Waals surface area contributed by atoms with Crippen molar-refractivity contribution in [3.8, 4) is 0 Å². The van der Waals surface area contributed by atoms with Gasteiger partial charge in [0.2, 0.25) is 5.01 Å². The molecule has 0 fully saturated rings. The molecule has 0 unspecified atom stereocenters. The van der Waals surface area contributed by atoms with Gasteiger partial charge in [0, 0.05) is 17.6 Å². The van der Waals surface area contributed by atoms with Crippen molar-refractivity contribution in [2.45, 2.75) is 13.5 Å². The van der Waals surface area contributed by atoms with Gasteiger partial charge in [-0.25, -0.2) is 9.78 Å². The summed E-state index contributed by atoms with van der Waals surface area (Å²) in [4.78, 5) is 15.1. The molecule has 0 aromatic carbocycles. The summed E-state index contributed by atoms with van der Waals surface area (Å²) in [6, 6.07) is 0. The van der Waals surface area contributed by atoms with Crippen molar-refractivity contribution in [1.82, 2.24) is 10.3 Å². The summed E-state index contributed by atoms with van der Waals surface area (Å²) in [6.07, 6.45) is 1.59. The first-order valence-corrected chi connectivity index (χ1v) is 4.44. The number of hydrogen-bond donors (Lipinski definition) is 2. The Kier molecular flexibility index (Phi) is 3.19. The van der Waals surface area contributed by atoms with Crippen LogP contribution in [0.2, 0.25) is 0 Å². The quantitative estimate of drug-likeness (QED) is 0.735. The molecule has 4 nitrogen and oxygen atoms in total. The summed E-state index contributed by atoms with van der Waals surface area (Å²) in [7, 11) is 0. The minimum atomic E-state index is -0.956. The Bertz CT molecular complexity index is 272. The number of carboxylic acids is 1. The highest BCUT2D eigenvalue weighted by Gasteiger charge is 2.07. The van der Waals surface area contributed by atoms with E-state index >= 15 is 0 Å². The van der Waals surface area contributed by atoms with Crippen molar-refractivity contribution in [3.05, 3.63) is 16.1 Å². The predicted molar refractivity (Wildman–Crippen MR) is 46.5 cm³/mol. The van der Waals surface area contributed by atoms with Crippen molar-refractivity contribution in [2.75, 3.05) is 6.54 Å². The van der Waals surface area contributed by atoms with Crippen LogP contribution in [-0.4, -0.2) is 22.6 Å². The number of rotatable bonds is 4. The van der Waals surface area contributed by atoms with Gasteiger partial charge in [-0.15, -0.1) is 11.3 Å². The first-order valence-electron chi connectivity index (χ1n) is 3.62. The largest absolute Gasteiger partial charge is 0.476 e. The van der Waals surface area contributed by atoms with E-state index < -0.39 is 5.97 Å². The average Bonchev–Trinajstić information content (AvgIpc) is 2.48. The number of aromatic carboxylic acids is 1. The predicted octanol–water partition coefficient (Wildman–Crippen LogP) is 0.951. The standard InChI is InChI=1S/C7H10N2O2S/c1-2-8-3-5-4-9-6(12-5)7(10)11/h4,8H,2-3H2,1H3,(H,10,11). The van der Waals surface area contributed by atoms with Crippen LogP contribution in [-0.2, 0) is 6.54 Å². The molecular formula is C7H10N2O2S. The highest BCUT2D eigenvalue weighted by molar-refractivity contribution is 7.13. The van der Waals surface area contributed by atoms with Gasteiger partial charge in [0.1, 0.15) is 0 Å². The number of aromatic nitrogens is 1. The highest BCUT2D eigenvalue weighted by Crippen LogP contribution is 2.11. The summed E-state index contributed by atoms with van der Waals surface area (Å²) in [5, 5.41) is 11.8. The minimum absolute atomic E-state index is 0.155. The third-order valence-electron chi connectivity index (χ3n) is 1.29. The molecule has 0 spiro atoms. The van der Waals surface area contributed by atoms with Gasteiger partial charge in [-0.3, -0.25) is 0 Å². The molecule has 0 aliphatic heterocycles. The number of thiazole rings is 1. The van der Waals surface area contributed by atoms with E-state index in [1.54, 1.807) is 6.20 Å². The molecule has 66 valence electrons. The molecule has 1 aromatic heterocycles. The molecule has 12 heavy (non-hydrogen) atoms. The van der Waals surface area contributed by atoms with E-state index in [0.29, 0.717) is 6.54 Å². The van der Waals surface area contributed by atoms with Crippen LogP contribution in [0.4, 0.5) is 0 Å². The molecule has 1 heterocycles. The van der Waals surface area contributed by atoms with Gasteiger partial charge in [0.25, 0.3) is 0 Å². The van der Waals surface area contributed by atoms with E-state index in [0.717, 1.165) is 11.4 Å². The van der Waals surface area contributed by atoms with Crippen LogP contribution in [0.3, 0.4) is 0 Å².